The van der Waals surface area contributed by atoms with Gasteiger partial charge in [-0.05, 0) is 86.3 Å². The van der Waals surface area contributed by atoms with Crippen LogP contribution in [0.15, 0.2) is 36.4 Å². The molecule has 4 nitrogen and oxygen atoms in total. The fraction of sp³-hybridized carbons (Fsp3) is 0.778. The van der Waals surface area contributed by atoms with E-state index in [0.29, 0.717) is 22.7 Å². The summed E-state index contributed by atoms with van der Waals surface area (Å²) in [5.74, 6) is -1.41. The van der Waals surface area contributed by atoms with Crippen LogP contribution in [0.4, 0.5) is 8.78 Å². The molecule has 0 amide bonds. The molecule has 0 unspecified atom stereocenters. The van der Waals surface area contributed by atoms with Crippen LogP contribution < -0.4 is 4.72 Å². The van der Waals surface area contributed by atoms with E-state index in [1.54, 1.807) is 13.8 Å². The molecule has 1 aliphatic carbocycles. The molecule has 1 aromatic rings. The molecule has 254 valence electrons. The molecule has 0 saturated heterocycles. The molecule has 1 fully saturated rings. The molecule has 0 heterocycles. The molecule has 7 heteroatoms. The van der Waals surface area contributed by atoms with Crippen LogP contribution in [0.5, 0.6) is 0 Å². The lowest BCUT2D eigenvalue weighted by Gasteiger charge is -2.34. The zero-order valence-corrected chi connectivity index (χ0v) is 31.3. The van der Waals surface area contributed by atoms with Crippen LogP contribution in [0.2, 0.25) is 0 Å². The van der Waals surface area contributed by atoms with Gasteiger partial charge in [0.2, 0.25) is 10.0 Å². The Morgan fingerprint density at radius 3 is 1.53 bits per heavy atom. The molecule has 1 N–H and O–H groups in total. The van der Waals surface area contributed by atoms with Crippen LogP contribution in [-0.2, 0) is 14.8 Å². The third-order valence-corrected chi connectivity index (χ3v) is 9.34. The lowest BCUT2D eigenvalue weighted by molar-refractivity contribution is -0.0596. The summed E-state index contributed by atoms with van der Waals surface area (Å²) in [6.07, 6.45) is 3.92. The second-order valence-corrected chi connectivity index (χ2v) is 17.2. The summed E-state index contributed by atoms with van der Waals surface area (Å²) in [6, 6.07) is 8.91. The molecule has 0 atom stereocenters. The molecular weight excluding hydrogens is 564 g/mol. The lowest BCUT2D eigenvalue weighted by Crippen LogP contribution is -2.32. The van der Waals surface area contributed by atoms with Gasteiger partial charge in [-0.2, -0.15) is 8.78 Å². The van der Waals surface area contributed by atoms with Crippen molar-refractivity contribution in [2.45, 2.75) is 159 Å². The molecule has 1 saturated carbocycles. The van der Waals surface area contributed by atoms with Gasteiger partial charge in [-0.15, -0.1) is 0 Å². The number of hydrogen-bond donors (Lipinski definition) is 1. The van der Waals surface area contributed by atoms with Gasteiger partial charge in [0.25, 0.3) is 5.92 Å². The quantitative estimate of drug-likeness (QED) is 0.261. The average molecular weight is 632 g/mol. The molecule has 43 heavy (non-hydrogen) atoms. The summed E-state index contributed by atoms with van der Waals surface area (Å²) in [5, 5.41) is -0.0881. The van der Waals surface area contributed by atoms with Gasteiger partial charge in [-0.25, -0.2) is 13.1 Å². The number of rotatable bonds is 10. The van der Waals surface area contributed by atoms with Crippen LogP contribution in [0.1, 0.15) is 147 Å². The van der Waals surface area contributed by atoms with Crippen molar-refractivity contribution >= 4 is 10.0 Å². The van der Waals surface area contributed by atoms with Gasteiger partial charge in [-0.3, -0.25) is 0 Å². The first-order valence-corrected chi connectivity index (χ1v) is 17.6. The smallest absolute Gasteiger partial charge is 0.289 e. The minimum absolute atomic E-state index is 0.0330. The summed E-state index contributed by atoms with van der Waals surface area (Å²) >= 11 is 0. The van der Waals surface area contributed by atoms with Gasteiger partial charge < -0.3 is 4.74 Å². The number of ether oxygens (including phenoxy) is 1. The fourth-order valence-corrected chi connectivity index (χ4v) is 4.35. The maximum absolute atomic E-state index is 12.9. The maximum Gasteiger partial charge on any atom is 0.289 e. The Hall–Kier alpha value is -1.31. The average Bonchev–Trinajstić information content (AvgIpc) is 3.67. The van der Waals surface area contributed by atoms with E-state index in [1.165, 1.54) is 17.2 Å². The zero-order chi connectivity index (χ0) is 34.4. The Morgan fingerprint density at radius 1 is 0.837 bits per heavy atom. The highest BCUT2D eigenvalue weighted by molar-refractivity contribution is 7.90. The van der Waals surface area contributed by atoms with Crippen LogP contribution in [0.25, 0.3) is 0 Å². The summed E-state index contributed by atoms with van der Waals surface area (Å²) in [4.78, 5) is 0. The van der Waals surface area contributed by atoms with Crippen molar-refractivity contribution in [1.82, 2.24) is 4.72 Å². The van der Waals surface area contributed by atoms with E-state index in [1.807, 2.05) is 27.7 Å². The van der Waals surface area contributed by atoms with E-state index in [0.717, 1.165) is 18.9 Å². The SMILES string of the molecule is CC(C)(C)C(C)(C)C.CC(C)/C=C/C(F)(F)COC(C)C.CC(C)NS(=O)(=O)C1CC1.CC(C)c1cccc(C(C)C)c1. The largest absolute Gasteiger partial charge is 0.372 e. The highest BCUT2D eigenvalue weighted by Crippen LogP contribution is 2.36. The van der Waals surface area contributed by atoms with Crippen LogP contribution in [0.3, 0.4) is 0 Å². The van der Waals surface area contributed by atoms with E-state index in [4.69, 9.17) is 4.74 Å². The standard InChI is InChI=1S/C12H18.C10H18F2O.C8H18.C6H13NO2S/c1-9(2)11-6-5-7-12(8-11)10(3)4;1-8(2)5-6-10(11,12)7-13-9(3)4;1-7(2,3)8(4,5)6;1-5(2)7-10(8,9)6-3-4-6/h5-10H,1-4H3;5-6,8-9H,7H2,1-4H3;1-6H3;5-7H,3-4H2,1-2H3/b;6-5+;;. The maximum atomic E-state index is 12.9. The van der Waals surface area contributed by atoms with Crippen molar-refractivity contribution in [3.63, 3.8) is 0 Å². The first-order chi connectivity index (χ1) is 19.2. The molecule has 0 bridgehead atoms. The Morgan fingerprint density at radius 2 is 1.26 bits per heavy atom. The molecule has 1 aromatic carbocycles. The fourth-order valence-electron chi connectivity index (χ4n) is 2.74. The van der Waals surface area contributed by atoms with Gasteiger partial charge in [-0.1, -0.05) is 113 Å². The van der Waals surface area contributed by atoms with Crippen LogP contribution in [-0.4, -0.2) is 38.3 Å². The Bertz CT molecular complexity index is 976. The van der Waals surface area contributed by atoms with E-state index in [-0.39, 0.29) is 23.3 Å². The van der Waals surface area contributed by atoms with Crippen molar-refractivity contribution in [3.8, 4) is 0 Å². The molecule has 0 aromatic heterocycles. The third-order valence-electron chi connectivity index (χ3n) is 7.19. The van der Waals surface area contributed by atoms with E-state index >= 15 is 0 Å². The topological polar surface area (TPSA) is 55.4 Å². The number of sulfonamides is 1. The zero-order valence-electron chi connectivity index (χ0n) is 30.4. The molecule has 0 spiro atoms. The van der Waals surface area contributed by atoms with Gasteiger partial charge in [0, 0.05) is 6.04 Å². The van der Waals surface area contributed by atoms with Crippen LogP contribution in [0, 0.1) is 16.7 Å². The predicted molar refractivity (Wildman–Crippen MR) is 184 cm³/mol. The van der Waals surface area contributed by atoms with Gasteiger partial charge >= 0.3 is 0 Å². The van der Waals surface area contributed by atoms with E-state index in [9.17, 15) is 17.2 Å². The predicted octanol–water partition coefficient (Wildman–Crippen LogP) is 10.7. The third kappa shape index (κ3) is 22.8. The Balaban J connectivity index is 0. The van der Waals surface area contributed by atoms with Gasteiger partial charge in [0.05, 0.1) is 11.4 Å². The first-order valence-electron chi connectivity index (χ1n) is 16.0. The van der Waals surface area contributed by atoms with Gasteiger partial charge in [0.1, 0.15) is 6.61 Å². The van der Waals surface area contributed by atoms with Crippen molar-refractivity contribution in [3.05, 3.63) is 47.5 Å². The lowest BCUT2D eigenvalue weighted by atomic mass is 9.71. The monoisotopic (exact) mass is 631 g/mol. The van der Waals surface area contributed by atoms with Crippen molar-refractivity contribution < 1.29 is 21.9 Å². The van der Waals surface area contributed by atoms with Crippen molar-refractivity contribution in [1.29, 1.82) is 0 Å². The highest BCUT2D eigenvalue weighted by Gasteiger charge is 2.35. The number of halogens is 2. The highest BCUT2D eigenvalue weighted by atomic mass is 32.2. The number of nitrogens with one attached hydrogen (secondary N) is 1. The molecular formula is C36H67F2NO3S. The normalized spacial score (nSPS) is 14.5. The molecule has 0 radical (unpaired) electrons. The molecule has 0 aliphatic heterocycles. The second kappa shape index (κ2) is 19.3. The minimum Gasteiger partial charge on any atom is -0.372 e. The minimum atomic E-state index is -2.94. The summed E-state index contributed by atoms with van der Waals surface area (Å²) < 4.78 is 55.4. The second-order valence-electron chi connectivity index (χ2n) is 15.2. The molecule has 1 aliphatic rings. The van der Waals surface area contributed by atoms with Crippen molar-refractivity contribution in [2.24, 2.45) is 16.7 Å². The van der Waals surface area contributed by atoms with E-state index in [2.05, 4.69) is 98.2 Å². The number of benzene rings is 1. The molecule has 2 rings (SSSR count). The summed E-state index contributed by atoms with van der Waals surface area (Å²) in [6.45, 7) is 32.9. The van der Waals surface area contributed by atoms with Crippen LogP contribution >= 0.6 is 0 Å². The number of hydrogen-bond acceptors (Lipinski definition) is 3. The number of alkyl halides is 2. The van der Waals surface area contributed by atoms with E-state index < -0.39 is 22.6 Å². The summed E-state index contributed by atoms with van der Waals surface area (Å²) in [7, 11) is -2.94. The Labute approximate surface area is 265 Å². The Kier molecular flexibility index (Phi) is 19.6. The van der Waals surface area contributed by atoms with Crippen molar-refractivity contribution in [2.75, 3.05) is 6.61 Å². The first kappa shape index (κ1) is 43.8. The number of allylic oxidation sites excluding steroid dienone is 1. The van der Waals surface area contributed by atoms with Gasteiger partial charge in [0.15, 0.2) is 0 Å². The summed E-state index contributed by atoms with van der Waals surface area (Å²) in [5.41, 5.74) is 3.77.